The number of amides is 3. The van der Waals surface area contributed by atoms with Crippen LogP contribution in [0, 0.1) is 0 Å². The Labute approximate surface area is 268 Å². The van der Waals surface area contributed by atoms with Crippen molar-refractivity contribution in [2.45, 2.75) is 4.90 Å². The minimum absolute atomic E-state index is 0.0289. The van der Waals surface area contributed by atoms with E-state index in [1.54, 1.807) is 72.8 Å². The fraction of sp³-hybridized carbons (Fsp3) is 0.0909. The Hall–Kier alpha value is -5.26. The molecule has 3 amide bonds. The van der Waals surface area contributed by atoms with Gasteiger partial charge in [0.05, 0.1) is 30.6 Å². The molecular formula is C33H28ClN3O7S. The molecule has 0 radical (unpaired) electrons. The third kappa shape index (κ3) is 8.88. The Balaban J connectivity index is 1.45. The first-order valence-electron chi connectivity index (χ1n) is 13.3. The van der Waals surface area contributed by atoms with Gasteiger partial charge in [-0.1, -0.05) is 41.9 Å². The van der Waals surface area contributed by atoms with Crippen molar-refractivity contribution in [2.24, 2.45) is 0 Å². The molecule has 4 rings (SSSR count). The number of thioether (sulfide) groups is 1. The molecule has 0 unspecified atom stereocenters. The van der Waals surface area contributed by atoms with Gasteiger partial charge in [0.25, 0.3) is 11.8 Å². The predicted octanol–water partition coefficient (Wildman–Crippen LogP) is 6.20. The zero-order valence-corrected chi connectivity index (χ0v) is 25.7. The van der Waals surface area contributed by atoms with Crippen LogP contribution in [0.1, 0.15) is 26.3 Å². The maximum Gasteiger partial charge on any atom is 0.337 e. The SMILES string of the molecule is COc1cccc(/C=C(\NC(=O)c2ccccc2)C(=O)Nc2ccc(SCC(=O)Nc3ccc(Cl)c(C(=O)O)c3)cc2)c1OC. The average molecular weight is 646 g/mol. The van der Waals surface area contributed by atoms with E-state index in [1.165, 1.54) is 50.3 Å². The third-order valence-electron chi connectivity index (χ3n) is 6.22. The van der Waals surface area contributed by atoms with Gasteiger partial charge in [0.15, 0.2) is 11.5 Å². The van der Waals surface area contributed by atoms with Crippen LogP contribution >= 0.6 is 23.4 Å². The van der Waals surface area contributed by atoms with Crippen molar-refractivity contribution in [1.29, 1.82) is 0 Å². The zero-order valence-electron chi connectivity index (χ0n) is 24.1. The van der Waals surface area contributed by atoms with Gasteiger partial charge in [0.2, 0.25) is 5.91 Å². The normalized spacial score (nSPS) is 10.9. The number of halogens is 1. The Morgan fingerprint density at radius 2 is 1.56 bits per heavy atom. The van der Waals surface area contributed by atoms with Crippen LogP contribution in [0.25, 0.3) is 6.08 Å². The molecule has 0 aromatic heterocycles. The number of hydrogen-bond acceptors (Lipinski definition) is 7. The molecule has 0 saturated heterocycles. The van der Waals surface area contributed by atoms with E-state index in [1.807, 2.05) is 0 Å². The van der Waals surface area contributed by atoms with Gasteiger partial charge >= 0.3 is 5.97 Å². The number of anilines is 2. The minimum Gasteiger partial charge on any atom is -0.493 e. The molecule has 4 aromatic carbocycles. The topological polar surface area (TPSA) is 143 Å². The van der Waals surface area contributed by atoms with Gasteiger partial charge in [0.1, 0.15) is 5.70 Å². The summed E-state index contributed by atoms with van der Waals surface area (Å²) in [6, 6.07) is 24.7. The number of carboxylic acids is 1. The molecule has 12 heteroatoms. The second-order valence-corrected chi connectivity index (χ2v) is 10.7. The number of nitrogens with one attached hydrogen (secondary N) is 3. The smallest absolute Gasteiger partial charge is 0.337 e. The van der Waals surface area contributed by atoms with E-state index in [4.69, 9.17) is 21.1 Å². The first-order chi connectivity index (χ1) is 21.7. The van der Waals surface area contributed by atoms with E-state index in [-0.39, 0.29) is 27.9 Å². The summed E-state index contributed by atoms with van der Waals surface area (Å²) < 4.78 is 10.9. The lowest BCUT2D eigenvalue weighted by atomic mass is 10.1. The highest BCUT2D eigenvalue weighted by Gasteiger charge is 2.18. The number of methoxy groups -OCH3 is 2. The molecule has 0 heterocycles. The lowest BCUT2D eigenvalue weighted by Crippen LogP contribution is -2.30. The van der Waals surface area contributed by atoms with Gasteiger partial charge in [-0.2, -0.15) is 0 Å². The Morgan fingerprint density at radius 3 is 2.22 bits per heavy atom. The van der Waals surface area contributed by atoms with Crippen molar-refractivity contribution in [2.75, 3.05) is 30.6 Å². The minimum atomic E-state index is -1.20. The largest absolute Gasteiger partial charge is 0.493 e. The van der Waals surface area contributed by atoms with Gasteiger partial charge in [-0.05, 0) is 66.7 Å². The number of hydrogen-bond donors (Lipinski definition) is 4. The molecule has 0 fully saturated rings. The fourth-order valence-electron chi connectivity index (χ4n) is 4.07. The van der Waals surface area contributed by atoms with Crippen LogP contribution in [-0.4, -0.2) is 48.8 Å². The van der Waals surface area contributed by atoms with Gasteiger partial charge in [-0.25, -0.2) is 4.79 Å². The standard InChI is InChI=1S/C33H28ClN3O7S/c1-43-28-10-6-9-21(30(28)44-2)17-27(37-31(39)20-7-4-3-5-8-20)32(40)36-22-11-14-24(15-12-22)45-19-29(38)35-23-13-16-26(34)25(18-23)33(41)42/h3-18H,19H2,1-2H3,(H,35,38)(H,36,40)(H,37,39)(H,41,42)/b27-17-. The second kappa shape index (κ2) is 15.5. The fourth-order valence-corrected chi connectivity index (χ4v) is 4.97. The van der Waals surface area contributed by atoms with Crippen molar-refractivity contribution >= 4 is 64.5 Å². The lowest BCUT2D eigenvalue weighted by Gasteiger charge is -2.14. The maximum absolute atomic E-state index is 13.4. The van der Waals surface area contributed by atoms with Gasteiger partial charge in [-0.15, -0.1) is 11.8 Å². The number of aromatic carboxylic acids is 1. The van der Waals surface area contributed by atoms with Gasteiger partial charge in [0, 0.05) is 27.4 Å². The number of carbonyl (C=O) groups excluding carboxylic acids is 3. The molecule has 0 bridgehead atoms. The third-order valence-corrected chi connectivity index (χ3v) is 7.57. The summed E-state index contributed by atoms with van der Waals surface area (Å²) in [5.74, 6) is -1.68. The summed E-state index contributed by atoms with van der Waals surface area (Å²) in [4.78, 5) is 50.9. The van der Waals surface area contributed by atoms with Crippen LogP contribution in [0.5, 0.6) is 11.5 Å². The number of para-hydroxylation sites is 1. The molecule has 0 aliphatic heterocycles. The Morgan fingerprint density at radius 1 is 0.844 bits per heavy atom. The summed E-state index contributed by atoms with van der Waals surface area (Å²) in [5.41, 5.74) is 1.51. The van der Waals surface area contributed by atoms with Crippen molar-refractivity contribution < 1.29 is 33.8 Å². The van der Waals surface area contributed by atoms with Crippen LogP contribution in [0.4, 0.5) is 11.4 Å². The van der Waals surface area contributed by atoms with E-state index in [0.717, 1.165) is 4.90 Å². The number of benzene rings is 4. The van der Waals surface area contributed by atoms with E-state index in [2.05, 4.69) is 16.0 Å². The molecule has 10 nitrogen and oxygen atoms in total. The number of carboxylic acid groups (broad SMARTS) is 1. The lowest BCUT2D eigenvalue weighted by molar-refractivity contribution is -0.114. The van der Waals surface area contributed by atoms with Crippen LogP contribution in [0.3, 0.4) is 0 Å². The molecule has 0 saturated carbocycles. The molecular weight excluding hydrogens is 618 g/mol. The molecule has 4 aromatic rings. The second-order valence-electron chi connectivity index (χ2n) is 9.28. The van der Waals surface area contributed by atoms with E-state index in [9.17, 15) is 24.3 Å². The summed E-state index contributed by atoms with van der Waals surface area (Å²) in [6.07, 6.45) is 1.50. The molecule has 0 aliphatic rings. The number of rotatable bonds is 12. The maximum atomic E-state index is 13.4. The first kappa shape index (κ1) is 32.6. The van der Waals surface area contributed by atoms with E-state index in [0.29, 0.717) is 34.0 Å². The number of carbonyl (C=O) groups is 4. The predicted molar refractivity (Wildman–Crippen MR) is 174 cm³/mol. The molecule has 0 aliphatic carbocycles. The summed E-state index contributed by atoms with van der Waals surface area (Å²) in [5, 5.41) is 17.4. The summed E-state index contributed by atoms with van der Waals surface area (Å²) in [6.45, 7) is 0. The van der Waals surface area contributed by atoms with Crippen LogP contribution in [0.15, 0.2) is 102 Å². The van der Waals surface area contributed by atoms with E-state index >= 15 is 0 Å². The van der Waals surface area contributed by atoms with Gasteiger partial charge < -0.3 is 30.5 Å². The van der Waals surface area contributed by atoms with Crippen molar-refractivity contribution in [3.8, 4) is 11.5 Å². The van der Waals surface area contributed by atoms with Crippen molar-refractivity contribution in [3.63, 3.8) is 0 Å². The van der Waals surface area contributed by atoms with Crippen LogP contribution < -0.4 is 25.4 Å². The quantitative estimate of drug-likeness (QED) is 0.105. The number of ether oxygens (including phenoxy) is 2. The molecule has 45 heavy (non-hydrogen) atoms. The highest BCUT2D eigenvalue weighted by atomic mass is 35.5. The first-order valence-corrected chi connectivity index (χ1v) is 14.7. The van der Waals surface area contributed by atoms with E-state index < -0.39 is 17.8 Å². The zero-order chi connectivity index (χ0) is 32.3. The molecule has 0 atom stereocenters. The Bertz CT molecular complexity index is 1750. The van der Waals surface area contributed by atoms with Crippen LogP contribution in [-0.2, 0) is 9.59 Å². The molecule has 0 spiro atoms. The monoisotopic (exact) mass is 645 g/mol. The van der Waals surface area contributed by atoms with Crippen molar-refractivity contribution in [3.05, 3.63) is 118 Å². The molecule has 4 N–H and O–H groups in total. The molecule has 230 valence electrons. The van der Waals surface area contributed by atoms with Gasteiger partial charge in [-0.3, -0.25) is 14.4 Å². The van der Waals surface area contributed by atoms with Crippen molar-refractivity contribution in [1.82, 2.24) is 5.32 Å². The Kier molecular flexibility index (Phi) is 11.2. The highest BCUT2D eigenvalue weighted by molar-refractivity contribution is 8.00. The average Bonchev–Trinajstić information content (AvgIpc) is 3.05. The summed E-state index contributed by atoms with van der Waals surface area (Å²) in [7, 11) is 2.98. The summed E-state index contributed by atoms with van der Waals surface area (Å²) >= 11 is 7.13. The van der Waals surface area contributed by atoms with Crippen LogP contribution in [0.2, 0.25) is 5.02 Å². The highest BCUT2D eigenvalue weighted by Crippen LogP contribution is 2.32.